The number of methoxy groups -OCH3 is 1. The van der Waals surface area contributed by atoms with Gasteiger partial charge in [0.25, 0.3) is 0 Å². The van der Waals surface area contributed by atoms with E-state index in [4.69, 9.17) is 9.47 Å². The van der Waals surface area contributed by atoms with Crippen LogP contribution in [0.3, 0.4) is 0 Å². The van der Waals surface area contributed by atoms with Crippen LogP contribution in [0.2, 0.25) is 0 Å². The molecule has 22 heavy (non-hydrogen) atoms. The predicted octanol–water partition coefficient (Wildman–Crippen LogP) is 1.70. The largest absolute Gasteiger partial charge is 0.377 e. The second kappa shape index (κ2) is 5.88. The zero-order valence-corrected chi connectivity index (χ0v) is 13.5. The molecule has 1 aliphatic heterocycles. The average molecular weight is 329 g/mol. The molecular weight excluding hydrogens is 309 g/mol. The minimum atomic E-state index is -3.77. The Bertz CT molecular complexity index is 664. The third kappa shape index (κ3) is 2.56. The molecule has 2 bridgehead atoms. The number of hydrogen-bond donors (Lipinski definition) is 0. The summed E-state index contributed by atoms with van der Waals surface area (Å²) in [6.45, 7) is 2.20. The molecule has 122 valence electrons. The first-order valence-corrected chi connectivity index (χ1v) is 8.81. The summed E-state index contributed by atoms with van der Waals surface area (Å²) in [5.74, 6) is -0.514. The van der Waals surface area contributed by atoms with Crippen molar-refractivity contribution >= 4 is 10.0 Å². The van der Waals surface area contributed by atoms with Crippen LogP contribution in [0.5, 0.6) is 0 Å². The quantitative estimate of drug-likeness (QED) is 0.847. The Kier molecular flexibility index (Phi) is 4.24. The molecular formula is C15H20FNO4S. The van der Waals surface area contributed by atoms with Gasteiger partial charge < -0.3 is 9.47 Å². The molecule has 3 rings (SSSR count). The minimum Gasteiger partial charge on any atom is -0.377 e. The molecule has 2 aliphatic rings. The third-order valence-corrected chi connectivity index (χ3v) is 6.45. The summed E-state index contributed by atoms with van der Waals surface area (Å²) in [7, 11) is -2.20. The van der Waals surface area contributed by atoms with Gasteiger partial charge in [-0.1, -0.05) is 6.07 Å². The van der Waals surface area contributed by atoms with Gasteiger partial charge in [0.05, 0.1) is 29.8 Å². The van der Waals surface area contributed by atoms with Crippen molar-refractivity contribution in [2.45, 2.75) is 42.9 Å². The standard InChI is InChI=1S/C15H20FNO4S/c1-10-3-4-11(9-12(10)16)22(18,19)17-7-8-21-14-6-5-13(17)15(14)20-2/h3-4,9,13-15H,5-8H2,1-2H3. The number of benzene rings is 1. The van der Waals surface area contributed by atoms with Crippen LogP contribution >= 0.6 is 0 Å². The maximum Gasteiger partial charge on any atom is 0.243 e. The number of sulfonamides is 1. The Balaban J connectivity index is 1.98. The molecule has 2 fully saturated rings. The van der Waals surface area contributed by atoms with E-state index in [-0.39, 0.29) is 29.7 Å². The molecule has 1 saturated carbocycles. The predicted molar refractivity (Wildman–Crippen MR) is 78.6 cm³/mol. The molecule has 3 unspecified atom stereocenters. The molecule has 1 aliphatic carbocycles. The molecule has 7 heteroatoms. The van der Waals surface area contributed by atoms with E-state index in [1.165, 1.54) is 16.4 Å². The Morgan fingerprint density at radius 1 is 1.36 bits per heavy atom. The summed E-state index contributed by atoms with van der Waals surface area (Å²) in [5.41, 5.74) is 0.425. The van der Waals surface area contributed by atoms with E-state index in [1.807, 2.05) is 0 Å². The van der Waals surface area contributed by atoms with Crippen LogP contribution in [-0.4, -0.2) is 51.2 Å². The molecule has 1 aromatic carbocycles. The van der Waals surface area contributed by atoms with Gasteiger partial charge in [0, 0.05) is 13.7 Å². The lowest BCUT2D eigenvalue weighted by Crippen LogP contribution is -2.46. The number of rotatable bonds is 3. The molecule has 3 atom stereocenters. The van der Waals surface area contributed by atoms with Crippen LogP contribution in [0.25, 0.3) is 0 Å². The Hall–Kier alpha value is -1.02. The maximum absolute atomic E-state index is 13.8. The number of aryl methyl sites for hydroxylation is 1. The molecule has 0 radical (unpaired) electrons. The molecule has 0 spiro atoms. The molecule has 1 heterocycles. The summed E-state index contributed by atoms with van der Waals surface area (Å²) in [4.78, 5) is -0.0178. The molecule has 1 saturated heterocycles. The van der Waals surface area contributed by atoms with Crippen LogP contribution in [0.4, 0.5) is 4.39 Å². The normalized spacial score (nSPS) is 29.5. The number of fused-ring (bicyclic) bond motifs is 2. The van der Waals surface area contributed by atoms with E-state index in [2.05, 4.69) is 0 Å². The Morgan fingerprint density at radius 3 is 2.82 bits per heavy atom. The fourth-order valence-electron chi connectivity index (χ4n) is 3.33. The van der Waals surface area contributed by atoms with Crippen LogP contribution in [0, 0.1) is 12.7 Å². The van der Waals surface area contributed by atoms with Crippen LogP contribution in [0.15, 0.2) is 23.1 Å². The molecule has 0 aromatic heterocycles. The maximum atomic E-state index is 13.8. The lowest BCUT2D eigenvalue weighted by molar-refractivity contribution is -0.0304. The van der Waals surface area contributed by atoms with Gasteiger partial charge in [-0.05, 0) is 37.5 Å². The first-order chi connectivity index (χ1) is 10.4. The average Bonchev–Trinajstić information content (AvgIpc) is 2.76. The lowest BCUT2D eigenvalue weighted by Gasteiger charge is -2.29. The van der Waals surface area contributed by atoms with Gasteiger partial charge in [0.15, 0.2) is 0 Å². The second-order valence-electron chi connectivity index (χ2n) is 5.78. The summed E-state index contributed by atoms with van der Waals surface area (Å²) in [6, 6.07) is 3.77. The zero-order chi connectivity index (χ0) is 15.9. The summed E-state index contributed by atoms with van der Waals surface area (Å²) in [6.07, 6.45) is 1.13. The fourth-order valence-corrected chi connectivity index (χ4v) is 4.99. The van der Waals surface area contributed by atoms with Gasteiger partial charge in [-0.2, -0.15) is 4.31 Å². The van der Waals surface area contributed by atoms with Crippen molar-refractivity contribution in [1.29, 1.82) is 0 Å². The van der Waals surface area contributed by atoms with Crippen molar-refractivity contribution < 1.29 is 22.3 Å². The Morgan fingerprint density at radius 2 is 2.14 bits per heavy atom. The summed E-state index contributed by atoms with van der Waals surface area (Å²) >= 11 is 0. The number of ether oxygens (including phenoxy) is 2. The van der Waals surface area contributed by atoms with Gasteiger partial charge >= 0.3 is 0 Å². The SMILES string of the molecule is COC1C2CCC1N(S(=O)(=O)c1ccc(C)c(F)c1)CCO2. The monoisotopic (exact) mass is 329 g/mol. The first kappa shape index (κ1) is 15.9. The van der Waals surface area contributed by atoms with Gasteiger partial charge in [0.1, 0.15) is 5.82 Å². The first-order valence-electron chi connectivity index (χ1n) is 7.37. The van der Waals surface area contributed by atoms with Gasteiger partial charge in [-0.3, -0.25) is 0 Å². The number of hydrogen-bond acceptors (Lipinski definition) is 4. The van der Waals surface area contributed by atoms with Crippen LogP contribution in [-0.2, 0) is 19.5 Å². The van der Waals surface area contributed by atoms with Crippen LogP contribution < -0.4 is 0 Å². The third-order valence-electron chi connectivity index (χ3n) is 4.53. The topological polar surface area (TPSA) is 55.8 Å². The van der Waals surface area contributed by atoms with E-state index in [0.29, 0.717) is 18.6 Å². The summed E-state index contributed by atoms with van der Waals surface area (Å²) in [5, 5.41) is 0. The van der Waals surface area contributed by atoms with Gasteiger partial charge in [-0.15, -0.1) is 0 Å². The molecule has 0 N–H and O–H groups in total. The van der Waals surface area contributed by atoms with Crippen molar-refractivity contribution in [2.75, 3.05) is 20.3 Å². The van der Waals surface area contributed by atoms with E-state index in [9.17, 15) is 12.8 Å². The van der Waals surface area contributed by atoms with E-state index in [0.717, 1.165) is 12.5 Å². The van der Waals surface area contributed by atoms with Crippen molar-refractivity contribution in [3.05, 3.63) is 29.6 Å². The highest BCUT2D eigenvalue weighted by Crippen LogP contribution is 2.34. The van der Waals surface area contributed by atoms with E-state index >= 15 is 0 Å². The number of nitrogens with zero attached hydrogens (tertiary/aromatic N) is 1. The minimum absolute atomic E-state index is 0.0178. The van der Waals surface area contributed by atoms with Crippen LogP contribution in [0.1, 0.15) is 18.4 Å². The highest BCUT2D eigenvalue weighted by molar-refractivity contribution is 7.89. The highest BCUT2D eigenvalue weighted by atomic mass is 32.2. The van der Waals surface area contributed by atoms with Crippen molar-refractivity contribution in [3.63, 3.8) is 0 Å². The van der Waals surface area contributed by atoms with E-state index < -0.39 is 15.8 Å². The molecule has 5 nitrogen and oxygen atoms in total. The fraction of sp³-hybridized carbons (Fsp3) is 0.600. The number of halogens is 1. The van der Waals surface area contributed by atoms with Crippen molar-refractivity contribution in [2.24, 2.45) is 0 Å². The van der Waals surface area contributed by atoms with Gasteiger partial charge in [-0.25, -0.2) is 12.8 Å². The Labute approximate surface area is 130 Å². The molecule has 1 aromatic rings. The van der Waals surface area contributed by atoms with Crippen molar-refractivity contribution in [3.8, 4) is 0 Å². The van der Waals surface area contributed by atoms with Gasteiger partial charge in [0.2, 0.25) is 10.0 Å². The summed E-state index contributed by atoms with van der Waals surface area (Å²) < 4.78 is 52.1. The lowest BCUT2D eigenvalue weighted by atomic mass is 10.2. The second-order valence-corrected chi connectivity index (χ2v) is 7.67. The van der Waals surface area contributed by atoms with E-state index in [1.54, 1.807) is 14.0 Å². The zero-order valence-electron chi connectivity index (χ0n) is 12.7. The highest BCUT2D eigenvalue weighted by Gasteiger charge is 2.46. The molecule has 0 amide bonds. The van der Waals surface area contributed by atoms with Crippen molar-refractivity contribution in [1.82, 2.24) is 4.31 Å². The smallest absolute Gasteiger partial charge is 0.243 e.